The first-order chi connectivity index (χ1) is 44.7. The van der Waals surface area contributed by atoms with E-state index in [0.29, 0.717) is 19.4 Å². The molecule has 0 aromatic heterocycles. The number of nitrogens with one attached hydrogen (secondary N) is 1. The van der Waals surface area contributed by atoms with E-state index >= 15 is 0 Å². The molecule has 0 spiro atoms. The van der Waals surface area contributed by atoms with Crippen molar-refractivity contribution in [2.45, 2.75) is 429 Å². The lowest BCUT2D eigenvalue weighted by Gasteiger charge is -2.40. The highest BCUT2D eigenvalue weighted by atomic mass is 16.7. The van der Waals surface area contributed by atoms with Gasteiger partial charge in [-0.05, 0) is 89.9 Å². The van der Waals surface area contributed by atoms with Crippen LogP contribution in [0.5, 0.6) is 0 Å². The van der Waals surface area contributed by atoms with Crippen LogP contribution >= 0.6 is 0 Å². The van der Waals surface area contributed by atoms with Crippen molar-refractivity contribution in [1.29, 1.82) is 0 Å². The number of unbranched alkanes of at least 4 members (excludes halogenated alkanes) is 50. The number of carbonyl (C=O) groups excluding carboxylic acids is 2. The van der Waals surface area contributed by atoms with E-state index in [1.54, 1.807) is 6.08 Å². The van der Waals surface area contributed by atoms with Crippen LogP contribution in [0, 0.1) is 0 Å². The standard InChI is InChI=1S/C80H149NO10/c1-3-5-7-9-11-13-15-16-17-18-39-42-45-48-52-56-60-64-68-76(85)89-69-65-61-57-53-49-46-43-40-37-35-33-31-29-27-25-23-21-19-20-22-24-26-28-30-32-34-36-38-41-44-47-51-55-59-63-67-75(84)81-72(71-90-80-79(88)78(87)77(86)74(70-82)91-80)73(83)66-62-58-54-50-14-12-10-8-6-4-2/h17-18,21,23,27,29,62,66,72-74,77-80,82-83,86-88H,3-16,19-20,22,24-26,28,30-61,63-65,67-71H2,1-2H3,(H,81,84)/b18-17-,23-21-,29-27-,66-62+. The Kier molecular flexibility index (Phi) is 65.7. The van der Waals surface area contributed by atoms with Crippen molar-refractivity contribution in [3.8, 4) is 0 Å². The highest BCUT2D eigenvalue weighted by Crippen LogP contribution is 2.24. The van der Waals surface area contributed by atoms with Gasteiger partial charge < -0.3 is 45.1 Å². The Bertz CT molecular complexity index is 1650. The van der Waals surface area contributed by atoms with Gasteiger partial charge in [0.15, 0.2) is 6.29 Å². The van der Waals surface area contributed by atoms with Gasteiger partial charge in [-0.2, -0.15) is 0 Å². The number of hydrogen-bond donors (Lipinski definition) is 6. The smallest absolute Gasteiger partial charge is 0.305 e. The average Bonchev–Trinajstić information content (AvgIpc) is 1.17. The fourth-order valence-electron chi connectivity index (χ4n) is 12.5. The lowest BCUT2D eigenvalue weighted by Crippen LogP contribution is -2.60. The van der Waals surface area contributed by atoms with Gasteiger partial charge in [-0.15, -0.1) is 0 Å². The van der Waals surface area contributed by atoms with Crippen LogP contribution in [0.25, 0.3) is 0 Å². The number of rotatable bonds is 70. The van der Waals surface area contributed by atoms with Crippen molar-refractivity contribution >= 4 is 11.9 Å². The summed E-state index contributed by atoms with van der Waals surface area (Å²) in [5, 5.41) is 54.4. The molecule has 91 heavy (non-hydrogen) atoms. The van der Waals surface area contributed by atoms with Crippen LogP contribution in [-0.4, -0.2) is 100 Å². The molecule has 534 valence electrons. The van der Waals surface area contributed by atoms with Gasteiger partial charge in [0.05, 0.1) is 32.0 Å². The number of esters is 1. The third-order valence-electron chi connectivity index (χ3n) is 18.7. The topological polar surface area (TPSA) is 175 Å². The fraction of sp³-hybridized carbons (Fsp3) is 0.875. The number of aliphatic hydroxyl groups is 5. The summed E-state index contributed by atoms with van der Waals surface area (Å²) < 4.78 is 16.8. The molecule has 1 heterocycles. The highest BCUT2D eigenvalue weighted by molar-refractivity contribution is 5.76. The van der Waals surface area contributed by atoms with Gasteiger partial charge in [-0.1, -0.05) is 332 Å². The van der Waals surface area contributed by atoms with Crippen LogP contribution in [0.3, 0.4) is 0 Å². The van der Waals surface area contributed by atoms with Crippen LogP contribution < -0.4 is 5.32 Å². The van der Waals surface area contributed by atoms with E-state index in [9.17, 15) is 35.1 Å². The minimum Gasteiger partial charge on any atom is -0.466 e. The Hall–Kier alpha value is -2.38. The second-order valence-electron chi connectivity index (χ2n) is 27.4. The lowest BCUT2D eigenvalue weighted by atomic mass is 9.99. The Morgan fingerprint density at radius 3 is 1.12 bits per heavy atom. The quantitative estimate of drug-likeness (QED) is 0.0195. The first-order valence-corrected chi connectivity index (χ1v) is 39.4. The normalized spacial score (nSPS) is 17.8. The van der Waals surface area contributed by atoms with Crippen molar-refractivity contribution in [2.75, 3.05) is 19.8 Å². The molecule has 0 aliphatic carbocycles. The number of hydrogen-bond acceptors (Lipinski definition) is 10. The summed E-state index contributed by atoms with van der Waals surface area (Å²) in [6.07, 6.45) is 81.5. The van der Waals surface area contributed by atoms with Crippen molar-refractivity contribution in [3.05, 3.63) is 48.6 Å². The van der Waals surface area contributed by atoms with E-state index in [-0.39, 0.29) is 18.5 Å². The summed E-state index contributed by atoms with van der Waals surface area (Å²) in [6, 6.07) is -0.808. The van der Waals surface area contributed by atoms with Crippen molar-refractivity contribution in [3.63, 3.8) is 0 Å². The molecule has 1 rings (SSSR count). The van der Waals surface area contributed by atoms with Gasteiger partial charge in [0.25, 0.3) is 0 Å². The zero-order chi connectivity index (χ0) is 65.8. The molecule has 1 saturated heterocycles. The summed E-state index contributed by atoms with van der Waals surface area (Å²) >= 11 is 0. The van der Waals surface area contributed by atoms with Gasteiger partial charge in [-0.25, -0.2) is 0 Å². The van der Waals surface area contributed by atoms with Crippen LogP contribution in [-0.2, 0) is 23.8 Å². The minimum atomic E-state index is -1.57. The average molecular weight is 1290 g/mol. The molecule has 11 nitrogen and oxygen atoms in total. The second kappa shape index (κ2) is 69.0. The Morgan fingerprint density at radius 1 is 0.407 bits per heavy atom. The van der Waals surface area contributed by atoms with Crippen LogP contribution in [0.15, 0.2) is 48.6 Å². The zero-order valence-electron chi connectivity index (χ0n) is 59.6. The predicted molar refractivity (Wildman–Crippen MR) is 384 cm³/mol. The monoisotopic (exact) mass is 1280 g/mol. The molecule has 6 N–H and O–H groups in total. The third kappa shape index (κ3) is 57.6. The predicted octanol–water partition coefficient (Wildman–Crippen LogP) is 21.1. The SMILES string of the molecule is CCCCCCCCC/C=C\CCCCCCCCCC(=O)OCCCCCCCCCCCCC/C=C\C/C=C\CCCCCCCCCCCCCCCCCCCC(=O)NC(COC1OC(CO)C(O)C(O)C1O)C(O)/C=C/CCCCCCCCCC. The molecule has 1 amide bonds. The van der Waals surface area contributed by atoms with Crippen LogP contribution in [0.1, 0.15) is 386 Å². The molecule has 1 fully saturated rings. The first-order valence-electron chi connectivity index (χ1n) is 39.4. The molecule has 7 atom stereocenters. The third-order valence-corrected chi connectivity index (χ3v) is 18.7. The summed E-state index contributed by atoms with van der Waals surface area (Å²) in [4.78, 5) is 25.2. The number of amides is 1. The number of aliphatic hydroxyl groups excluding tert-OH is 5. The molecule has 0 aromatic rings. The van der Waals surface area contributed by atoms with Gasteiger partial charge in [0.1, 0.15) is 24.4 Å². The van der Waals surface area contributed by atoms with E-state index in [2.05, 4.69) is 55.6 Å². The van der Waals surface area contributed by atoms with Crippen molar-refractivity contribution in [2.24, 2.45) is 0 Å². The van der Waals surface area contributed by atoms with Crippen LogP contribution in [0.4, 0.5) is 0 Å². The zero-order valence-corrected chi connectivity index (χ0v) is 59.6. The largest absolute Gasteiger partial charge is 0.466 e. The van der Waals surface area contributed by atoms with Crippen LogP contribution in [0.2, 0.25) is 0 Å². The highest BCUT2D eigenvalue weighted by Gasteiger charge is 2.44. The maximum absolute atomic E-state index is 13.0. The van der Waals surface area contributed by atoms with Gasteiger partial charge >= 0.3 is 5.97 Å². The molecule has 0 bridgehead atoms. The molecule has 7 unspecified atom stereocenters. The summed E-state index contributed by atoms with van der Waals surface area (Å²) in [5.74, 6) is -0.172. The maximum Gasteiger partial charge on any atom is 0.305 e. The van der Waals surface area contributed by atoms with E-state index in [0.717, 1.165) is 64.2 Å². The molecule has 0 radical (unpaired) electrons. The maximum atomic E-state index is 13.0. The first kappa shape index (κ1) is 86.6. The molecule has 0 aromatic carbocycles. The molecular formula is C80H149NO10. The molecule has 0 saturated carbocycles. The summed E-state index contributed by atoms with van der Waals surface area (Å²) in [7, 11) is 0. The van der Waals surface area contributed by atoms with Gasteiger partial charge in [-0.3, -0.25) is 9.59 Å². The van der Waals surface area contributed by atoms with Gasteiger partial charge in [0.2, 0.25) is 5.91 Å². The minimum absolute atomic E-state index is 0.00757. The molecule has 11 heteroatoms. The summed E-state index contributed by atoms with van der Waals surface area (Å²) in [5.41, 5.74) is 0. The number of allylic oxidation sites excluding steroid dienone is 7. The van der Waals surface area contributed by atoms with E-state index in [1.807, 2.05) is 6.08 Å². The second-order valence-corrected chi connectivity index (χ2v) is 27.4. The molecular weight excluding hydrogens is 1130 g/mol. The Balaban J connectivity index is 1.88. The Labute approximate surface area is 561 Å². The van der Waals surface area contributed by atoms with Gasteiger partial charge in [0, 0.05) is 12.8 Å². The van der Waals surface area contributed by atoms with Crippen molar-refractivity contribution in [1.82, 2.24) is 5.32 Å². The number of carbonyl (C=O) groups is 2. The van der Waals surface area contributed by atoms with E-state index in [4.69, 9.17) is 14.2 Å². The fourth-order valence-corrected chi connectivity index (χ4v) is 12.5. The molecule has 1 aliphatic heterocycles. The van der Waals surface area contributed by atoms with E-state index in [1.165, 1.54) is 295 Å². The molecule has 1 aliphatic rings. The number of ether oxygens (including phenoxy) is 3. The van der Waals surface area contributed by atoms with Crippen molar-refractivity contribution < 1.29 is 49.3 Å². The van der Waals surface area contributed by atoms with E-state index < -0.39 is 49.5 Å². The lowest BCUT2D eigenvalue weighted by molar-refractivity contribution is -0.302. The summed E-state index contributed by atoms with van der Waals surface area (Å²) in [6.45, 7) is 4.36. The Morgan fingerprint density at radius 2 is 0.736 bits per heavy atom.